The molecule has 0 saturated heterocycles. The van der Waals surface area contributed by atoms with Gasteiger partial charge in [0, 0.05) is 29.4 Å². The summed E-state index contributed by atoms with van der Waals surface area (Å²) in [6.45, 7) is 0. The molecular formula is C36H27PS3. The van der Waals surface area contributed by atoms with Crippen molar-refractivity contribution in [2.75, 3.05) is 0 Å². The van der Waals surface area contributed by atoms with Crippen molar-refractivity contribution in [3.63, 3.8) is 0 Å². The number of hydrogen-bond acceptors (Lipinski definition) is 3. The van der Waals surface area contributed by atoms with E-state index >= 15 is 0 Å². The van der Waals surface area contributed by atoms with Crippen molar-refractivity contribution in [3.8, 4) is 0 Å². The minimum absolute atomic E-state index is 0.689. The van der Waals surface area contributed by atoms with E-state index in [0.29, 0.717) is 0 Å². The van der Waals surface area contributed by atoms with E-state index in [1.807, 2.05) is 0 Å². The van der Waals surface area contributed by atoms with Crippen molar-refractivity contribution in [3.05, 3.63) is 164 Å². The fourth-order valence-corrected chi connectivity index (χ4v) is 9.06. The quantitative estimate of drug-likeness (QED) is 0.155. The van der Waals surface area contributed by atoms with Crippen LogP contribution in [0.15, 0.2) is 193 Å². The number of benzene rings is 6. The van der Waals surface area contributed by atoms with Gasteiger partial charge >= 0.3 is 0 Å². The topological polar surface area (TPSA) is 0 Å². The summed E-state index contributed by atoms with van der Waals surface area (Å²) >= 11 is 5.42. The van der Waals surface area contributed by atoms with E-state index in [9.17, 15) is 0 Å². The second kappa shape index (κ2) is 13.4. The van der Waals surface area contributed by atoms with E-state index in [1.54, 1.807) is 35.3 Å². The molecule has 0 fully saturated rings. The molecule has 0 spiro atoms. The van der Waals surface area contributed by atoms with Crippen molar-refractivity contribution < 1.29 is 0 Å². The average Bonchev–Trinajstić information content (AvgIpc) is 3.01. The zero-order valence-electron chi connectivity index (χ0n) is 21.8. The highest BCUT2D eigenvalue weighted by Gasteiger charge is 2.17. The van der Waals surface area contributed by atoms with E-state index in [4.69, 9.17) is 0 Å². The molecule has 0 aliphatic heterocycles. The third-order valence-electron chi connectivity index (χ3n) is 6.22. The van der Waals surface area contributed by atoms with Crippen molar-refractivity contribution in [1.82, 2.24) is 0 Å². The van der Waals surface area contributed by atoms with Gasteiger partial charge in [-0.05, 0) is 96.6 Å². The summed E-state index contributed by atoms with van der Waals surface area (Å²) < 4.78 is 0. The lowest BCUT2D eigenvalue weighted by Gasteiger charge is -2.20. The molecule has 6 rings (SSSR count). The first-order valence-electron chi connectivity index (χ1n) is 13.1. The maximum absolute atomic E-state index is 2.32. The van der Waals surface area contributed by atoms with Gasteiger partial charge in [0.25, 0.3) is 0 Å². The van der Waals surface area contributed by atoms with Gasteiger partial charge in [-0.15, -0.1) is 0 Å². The highest BCUT2D eigenvalue weighted by atomic mass is 32.2. The minimum atomic E-state index is -0.689. The molecule has 40 heavy (non-hydrogen) atoms. The van der Waals surface area contributed by atoms with Crippen molar-refractivity contribution in [1.29, 1.82) is 0 Å². The fraction of sp³-hybridized carbons (Fsp3) is 0. The summed E-state index contributed by atoms with van der Waals surface area (Å²) in [7, 11) is -0.689. The molecule has 0 bridgehead atoms. The molecule has 0 radical (unpaired) electrons. The summed E-state index contributed by atoms with van der Waals surface area (Å²) in [6.07, 6.45) is 0. The van der Waals surface area contributed by atoms with Crippen LogP contribution < -0.4 is 15.9 Å². The Morgan fingerprint density at radius 2 is 0.475 bits per heavy atom. The maximum atomic E-state index is 2.32. The predicted molar refractivity (Wildman–Crippen MR) is 177 cm³/mol. The van der Waals surface area contributed by atoms with Crippen LogP contribution >= 0.6 is 43.2 Å². The molecule has 0 amide bonds. The van der Waals surface area contributed by atoms with Gasteiger partial charge in [0.1, 0.15) is 0 Å². The van der Waals surface area contributed by atoms with Crippen LogP contribution in [0.2, 0.25) is 0 Å². The van der Waals surface area contributed by atoms with E-state index in [1.165, 1.54) is 45.3 Å². The van der Waals surface area contributed by atoms with Crippen LogP contribution in [0, 0.1) is 0 Å². The fourth-order valence-electron chi connectivity index (χ4n) is 4.31. The van der Waals surface area contributed by atoms with Crippen LogP contribution in [0.4, 0.5) is 0 Å². The lowest BCUT2D eigenvalue weighted by Crippen LogP contribution is -2.20. The smallest absolute Gasteiger partial charge is 0.0122 e. The van der Waals surface area contributed by atoms with Gasteiger partial charge in [-0.2, -0.15) is 0 Å². The predicted octanol–water partition coefficient (Wildman–Crippen LogP) is 9.90. The molecule has 6 aromatic carbocycles. The Hall–Kier alpha value is -3.20. The zero-order chi connectivity index (χ0) is 27.0. The Morgan fingerprint density at radius 3 is 0.725 bits per heavy atom. The Labute approximate surface area is 251 Å². The third kappa shape index (κ3) is 7.11. The Bertz CT molecular complexity index is 1420. The van der Waals surface area contributed by atoms with Crippen LogP contribution in [0.25, 0.3) is 0 Å². The lowest BCUT2D eigenvalue weighted by molar-refractivity contribution is 1.41. The molecular weight excluding hydrogens is 560 g/mol. The highest BCUT2D eigenvalue weighted by molar-refractivity contribution is 8.00. The van der Waals surface area contributed by atoms with Crippen LogP contribution in [-0.2, 0) is 0 Å². The second-order valence-electron chi connectivity index (χ2n) is 9.06. The Morgan fingerprint density at radius 1 is 0.250 bits per heavy atom. The number of rotatable bonds is 9. The minimum Gasteiger partial charge on any atom is -0.0901 e. The molecule has 0 aliphatic rings. The molecule has 0 atom stereocenters. The summed E-state index contributed by atoms with van der Waals surface area (Å²) in [5.41, 5.74) is 0. The van der Waals surface area contributed by atoms with Crippen LogP contribution in [0.3, 0.4) is 0 Å². The molecule has 0 saturated carbocycles. The monoisotopic (exact) mass is 586 g/mol. The SMILES string of the molecule is c1ccc(Sc2ccc(P(c3ccc(Sc4ccccc4)cc3)c3ccc(Sc4ccccc4)cc3)cc2)cc1. The average molecular weight is 587 g/mol. The van der Waals surface area contributed by atoms with Gasteiger partial charge in [0.15, 0.2) is 0 Å². The van der Waals surface area contributed by atoms with Crippen LogP contribution in [0.1, 0.15) is 0 Å². The van der Waals surface area contributed by atoms with Crippen molar-refractivity contribution in [2.24, 2.45) is 0 Å². The van der Waals surface area contributed by atoms with Crippen molar-refractivity contribution in [2.45, 2.75) is 29.4 Å². The normalized spacial score (nSPS) is 11.0. The van der Waals surface area contributed by atoms with Gasteiger partial charge in [-0.25, -0.2) is 0 Å². The molecule has 0 heterocycles. The summed E-state index contributed by atoms with van der Waals surface area (Å²) in [5, 5.41) is 4.08. The molecule has 6 aromatic rings. The maximum Gasteiger partial charge on any atom is 0.0122 e. The summed E-state index contributed by atoms with van der Waals surface area (Å²) in [5.74, 6) is 0. The molecule has 0 nitrogen and oxygen atoms in total. The van der Waals surface area contributed by atoms with Crippen LogP contribution in [-0.4, -0.2) is 0 Å². The standard InChI is InChI=1S/C36H27PS3/c1-4-10-31(11-5-1)38-34-22-16-28(17-23-34)37(29-18-24-35(25-19-29)39-32-12-6-2-7-13-32)30-20-26-36(27-21-30)40-33-14-8-3-9-15-33/h1-27H. The lowest BCUT2D eigenvalue weighted by atomic mass is 10.3. The van der Waals surface area contributed by atoms with Crippen molar-refractivity contribution >= 4 is 59.1 Å². The van der Waals surface area contributed by atoms with Gasteiger partial charge in [-0.1, -0.05) is 126 Å². The molecule has 0 unspecified atom stereocenters. The van der Waals surface area contributed by atoms with Gasteiger partial charge in [0.05, 0.1) is 0 Å². The molecule has 0 aliphatic carbocycles. The first kappa shape index (κ1) is 27.0. The largest absolute Gasteiger partial charge is 0.0901 e. The highest BCUT2D eigenvalue weighted by Crippen LogP contribution is 2.37. The summed E-state index contributed by atoms with van der Waals surface area (Å²) in [6, 6.07) is 59.2. The molecule has 0 aromatic heterocycles. The van der Waals surface area contributed by atoms with E-state index in [2.05, 4.69) is 164 Å². The van der Waals surface area contributed by atoms with Gasteiger partial charge < -0.3 is 0 Å². The van der Waals surface area contributed by atoms with E-state index < -0.39 is 7.92 Å². The first-order valence-corrected chi connectivity index (χ1v) is 16.9. The van der Waals surface area contributed by atoms with E-state index in [0.717, 1.165) is 0 Å². The number of hydrogen-bond donors (Lipinski definition) is 0. The zero-order valence-corrected chi connectivity index (χ0v) is 25.1. The van der Waals surface area contributed by atoms with Gasteiger partial charge in [-0.3, -0.25) is 0 Å². The van der Waals surface area contributed by atoms with Gasteiger partial charge in [0.2, 0.25) is 0 Å². The third-order valence-corrected chi connectivity index (χ3v) is 11.7. The van der Waals surface area contributed by atoms with Crippen LogP contribution in [0.5, 0.6) is 0 Å². The second-order valence-corrected chi connectivity index (χ2v) is 14.7. The Balaban J connectivity index is 1.28. The molecule has 0 N–H and O–H groups in total. The molecule has 4 heteroatoms. The Kier molecular flexibility index (Phi) is 9.07. The van der Waals surface area contributed by atoms with E-state index in [-0.39, 0.29) is 0 Å². The first-order chi connectivity index (χ1) is 19.8. The summed E-state index contributed by atoms with van der Waals surface area (Å²) in [4.78, 5) is 7.55. The molecule has 194 valence electrons.